The van der Waals surface area contributed by atoms with Crippen molar-refractivity contribution in [2.75, 3.05) is 19.1 Å². The normalized spacial score (nSPS) is 11.5. The second kappa shape index (κ2) is 20.0. The van der Waals surface area contributed by atoms with E-state index in [-0.39, 0.29) is 29.3 Å². The summed E-state index contributed by atoms with van der Waals surface area (Å²) >= 11 is 0. The molecule has 4 rings (SSSR count). The van der Waals surface area contributed by atoms with E-state index in [9.17, 15) is 24.9 Å². The maximum absolute atomic E-state index is 13.0. The standard InChI is InChI=1S/C42H50N2O6/c1-2-3-4-5-9-15-37(47)25-38(48)22-36(28-45)39-26-41(50-29-46)40(49)23-34(39)21-35-27-44-42(43)24-33(35)19-18-32-14-10-13-31(20-32)17-16-30-11-7-6-8-12-30/h6-8,10-14,20,22-24,26-27,45-46,49H,2-5,9,15-19,21,25,28-29H2,1H3,(H2,43,44). The summed E-state index contributed by atoms with van der Waals surface area (Å²) in [4.78, 5) is 29.8. The molecule has 0 aliphatic rings. The van der Waals surface area contributed by atoms with E-state index in [1.54, 1.807) is 6.20 Å². The number of carbonyl (C=O) groups is 2. The van der Waals surface area contributed by atoms with Gasteiger partial charge in [0.1, 0.15) is 11.6 Å². The molecule has 0 saturated carbocycles. The number of phenolic OH excluding ortho intramolecular Hbond substituents is 1. The molecular weight excluding hydrogens is 628 g/mol. The zero-order valence-electron chi connectivity index (χ0n) is 29.1. The van der Waals surface area contributed by atoms with Crippen molar-refractivity contribution in [3.8, 4) is 11.5 Å². The number of aromatic nitrogens is 1. The van der Waals surface area contributed by atoms with Crippen LogP contribution in [-0.2, 0) is 41.7 Å². The van der Waals surface area contributed by atoms with Gasteiger partial charge in [-0.2, -0.15) is 0 Å². The molecule has 0 bridgehead atoms. The number of nitrogens with two attached hydrogens (primary N) is 1. The van der Waals surface area contributed by atoms with E-state index in [0.717, 1.165) is 62.5 Å². The Labute approximate surface area is 295 Å². The van der Waals surface area contributed by atoms with Gasteiger partial charge in [-0.3, -0.25) is 9.59 Å². The van der Waals surface area contributed by atoms with Crippen LogP contribution < -0.4 is 10.5 Å². The van der Waals surface area contributed by atoms with Gasteiger partial charge in [0.15, 0.2) is 24.1 Å². The quantitative estimate of drug-likeness (QED) is 0.0316. The number of hydrogen-bond acceptors (Lipinski definition) is 8. The number of aromatic hydroxyl groups is 1. The lowest BCUT2D eigenvalue weighted by atomic mass is 9.91. The number of allylic oxidation sites excluding steroid dienone is 1. The molecule has 264 valence electrons. The summed E-state index contributed by atoms with van der Waals surface area (Å²) in [6.07, 6.45) is 11.8. The third-order valence-electron chi connectivity index (χ3n) is 8.89. The van der Waals surface area contributed by atoms with Gasteiger partial charge in [-0.25, -0.2) is 4.98 Å². The predicted molar refractivity (Wildman–Crippen MR) is 198 cm³/mol. The van der Waals surface area contributed by atoms with Crippen LogP contribution in [0.1, 0.15) is 90.8 Å². The van der Waals surface area contributed by atoms with Crippen molar-refractivity contribution in [2.24, 2.45) is 0 Å². The molecule has 0 radical (unpaired) electrons. The van der Waals surface area contributed by atoms with E-state index in [4.69, 9.17) is 10.5 Å². The van der Waals surface area contributed by atoms with Crippen LogP contribution in [0.15, 0.2) is 85.1 Å². The summed E-state index contributed by atoms with van der Waals surface area (Å²) in [6.45, 7) is 0.977. The number of Topliss-reactive ketones (excluding diaryl/α,β-unsaturated/α-hetero) is 1. The van der Waals surface area contributed by atoms with E-state index in [1.165, 1.54) is 34.9 Å². The zero-order chi connectivity index (χ0) is 35.7. The van der Waals surface area contributed by atoms with E-state index in [2.05, 4.69) is 60.4 Å². The van der Waals surface area contributed by atoms with E-state index in [1.807, 2.05) is 12.1 Å². The molecular formula is C42H50N2O6. The van der Waals surface area contributed by atoms with Crippen LogP contribution in [0.4, 0.5) is 5.82 Å². The van der Waals surface area contributed by atoms with E-state index >= 15 is 0 Å². The molecule has 8 nitrogen and oxygen atoms in total. The Kier molecular flexibility index (Phi) is 15.2. The molecule has 50 heavy (non-hydrogen) atoms. The van der Waals surface area contributed by atoms with Gasteiger partial charge in [0.25, 0.3) is 0 Å². The largest absolute Gasteiger partial charge is 0.504 e. The van der Waals surface area contributed by atoms with Crippen molar-refractivity contribution in [1.82, 2.24) is 4.98 Å². The molecule has 0 aliphatic heterocycles. The number of nitrogen functional groups attached to an aromatic ring is 1. The number of aliphatic hydroxyl groups is 2. The monoisotopic (exact) mass is 678 g/mol. The summed E-state index contributed by atoms with van der Waals surface area (Å²) in [6, 6.07) is 23.9. The number of benzene rings is 3. The van der Waals surface area contributed by atoms with Gasteiger partial charge in [-0.1, -0.05) is 87.2 Å². The molecule has 4 aromatic rings. The number of hydrogen-bond donors (Lipinski definition) is 4. The number of carbonyl (C=O) groups excluding carboxylic acids is 2. The first-order valence-electron chi connectivity index (χ1n) is 17.6. The fraction of sp³-hybridized carbons (Fsp3) is 0.357. The first kappa shape index (κ1) is 38.0. The smallest absolute Gasteiger partial charge is 0.186 e. The van der Waals surface area contributed by atoms with Gasteiger partial charge in [0.2, 0.25) is 0 Å². The lowest BCUT2D eigenvalue weighted by Gasteiger charge is -2.17. The predicted octanol–water partition coefficient (Wildman–Crippen LogP) is 7.12. The second-order valence-corrected chi connectivity index (χ2v) is 12.8. The molecule has 5 N–H and O–H groups in total. The number of phenols is 1. The summed E-state index contributed by atoms with van der Waals surface area (Å²) in [5.41, 5.74) is 13.1. The number of ether oxygens (including phenoxy) is 1. The molecule has 1 aromatic heterocycles. The average molecular weight is 679 g/mol. The lowest BCUT2D eigenvalue weighted by molar-refractivity contribution is -0.124. The number of aryl methyl sites for hydroxylation is 4. The van der Waals surface area contributed by atoms with E-state index in [0.29, 0.717) is 36.2 Å². The van der Waals surface area contributed by atoms with Crippen molar-refractivity contribution in [1.29, 1.82) is 0 Å². The average Bonchev–Trinajstić information content (AvgIpc) is 3.11. The van der Waals surface area contributed by atoms with Crippen molar-refractivity contribution in [2.45, 2.75) is 84.0 Å². The second-order valence-electron chi connectivity index (χ2n) is 12.8. The maximum atomic E-state index is 13.0. The van der Waals surface area contributed by atoms with E-state index < -0.39 is 19.2 Å². The van der Waals surface area contributed by atoms with Crippen LogP contribution in [0, 0.1) is 0 Å². The Bertz CT molecular complexity index is 1730. The molecule has 1 heterocycles. The minimum Gasteiger partial charge on any atom is -0.504 e. The lowest BCUT2D eigenvalue weighted by Crippen LogP contribution is -2.09. The van der Waals surface area contributed by atoms with Crippen LogP contribution in [0.5, 0.6) is 11.5 Å². The van der Waals surface area contributed by atoms with Crippen LogP contribution in [0.25, 0.3) is 5.57 Å². The van der Waals surface area contributed by atoms with Crippen molar-refractivity contribution < 1.29 is 29.6 Å². The number of nitrogens with zero attached hydrogens (tertiary/aromatic N) is 1. The Morgan fingerprint density at radius 2 is 1.50 bits per heavy atom. The highest BCUT2D eigenvalue weighted by Gasteiger charge is 2.18. The highest BCUT2D eigenvalue weighted by Crippen LogP contribution is 2.35. The number of anilines is 1. The zero-order valence-corrected chi connectivity index (χ0v) is 29.1. The fourth-order valence-electron chi connectivity index (χ4n) is 6.20. The molecule has 0 unspecified atom stereocenters. The maximum Gasteiger partial charge on any atom is 0.186 e. The Balaban J connectivity index is 1.53. The number of aliphatic hydroxyl groups excluding tert-OH is 2. The van der Waals surface area contributed by atoms with Gasteiger partial charge in [0.05, 0.1) is 13.0 Å². The minimum atomic E-state index is -0.671. The van der Waals surface area contributed by atoms with Crippen LogP contribution in [0.3, 0.4) is 0 Å². The highest BCUT2D eigenvalue weighted by molar-refractivity contribution is 6.07. The number of unbranched alkanes of at least 4 members (excludes halogenated alkanes) is 4. The third kappa shape index (κ3) is 12.0. The van der Waals surface area contributed by atoms with Crippen LogP contribution >= 0.6 is 0 Å². The van der Waals surface area contributed by atoms with Crippen molar-refractivity contribution in [3.63, 3.8) is 0 Å². The van der Waals surface area contributed by atoms with Gasteiger partial charge in [-0.05, 0) is 107 Å². The van der Waals surface area contributed by atoms with Crippen molar-refractivity contribution in [3.05, 3.63) is 124 Å². The molecule has 0 aliphatic carbocycles. The van der Waals surface area contributed by atoms with Crippen LogP contribution in [0.2, 0.25) is 0 Å². The van der Waals surface area contributed by atoms with Gasteiger partial charge in [0, 0.05) is 12.6 Å². The summed E-state index contributed by atoms with van der Waals surface area (Å²) in [5, 5.41) is 30.6. The molecule has 0 atom stereocenters. The first-order chi connectivity index (χ1) is 24.3. The number of ketones is 2. The minimum absolute atomic E-state index is 0.00371. The molecule has 0 amide bonds. The fourth-order valence-corrected chi connectivity index (χ4v) is 6.20. The topological polar surface area (TPSA) is 143 Å². The Morgan fingerprint density at radius 3 is 2.22 bits per heavy atom. The number of rotatable bonds is 21. The Hall–Kier alpha value is -4.79. The van der Waals surface area contributed by atoms with Gasteiger partial charge < -0.3 is 25.8 Å². The molecule has 3 aromatic carbocycles. The SMILES string of the molecule is CCCCCCCC(=O)CC(=O)C=C(CO)c1cc(OCO)c(O)cc1Cc1cnc(N)cc1CCc1cccc(CCc2ccccc2)c1. The number of pyridine rings is 1. The molecule has 8 heteroatoms. The third-order valence-corrected chi connectivity index (χ3v) is 8.89. The summed E-state index contributed by atoms with van der Waals surface area (Å²) in [5.74, 6) is -0.334. The first-order valence-corrected chi connectivity index (χ1v) is 17.6. The van der Waals surface area contributed by atoms with Crippen molar-refractivity contribution >= 4 is 23.0 Å². The van der Waals surface area contributed by atoms with Crippen LogP contribution in [-0.4, -0.2) is 45.3 Å². The summed E-state index contributed by atoms with van der Waals surface area (Å²) < 4.78 is 5.23. The van der Waals surface area contributed by atoms with Gasteiger partial charge >= 0.3 is 0 Å². The summed E-state index contributed by atoms with van der Waals surface area (Å²) in [7, 11) is 0. The van der Waals surface area contributed by atoms with Gasteiger partial charge in [-0.15, -0.1) is 0 Å². The molecule has 0 fully saturated rings. The Morgan fingerprint density at radius 1 is 0.800 bits per heavy atom. The highest BCUT2D eigenvalue weighted by atomic mass is 16.6. The molecule has 0 saturated heterocycles. The molecule has 0 spiro atoms.